The van der Waals surface area contributed by atoms with Crippen LogP contribution in [-0.4, -0.2) is 42.9 Å². The lowest BCUT2D eigenvalue weighted by molar-refractivity contribution is 0.560. The topological polar surface area (TPSA) is 87.0 Å². The molecule has 3 aromatic heterocycles. The van der Waals surface area contributed by atoms with Gasteiger partial charge in [0.2, 0.25) is 0 Å². The quantitative estimate of drug-likeness (QED) is 0.356. The summed E-state index contributed by atoms with van der Waals surface area (Å²) in [5.41, 5.74) is 5.07. The second-order valence-electron chi connectivity index (χ2n) is 9.54. The first-order valence-electron chi connectivity index (χ1n) is 12.5. The minimum absolute atomic E-state index is 0.285. The van der Waals surface area contributed by atoms with E-state index in [1.54, 1.807) is 10.7 Å². The summed E-state index contributed by atoms with van der Waals surface area (Å²) in [6.07, 6.45) is 7.26. The van der Waals surface area contributed by atoms with Gasteiger partial charge in [0, 0.05) is 36.1 Å². The zero-order chi connectivity index (χ0) is 24.9. The van der Waals surface area contributed by atoms with E-state index >= 15 is 0 Å². The van der Waals surface area contributed by atoms with Gasteiger partial charge in [0.25, 0.3) is 0 Å². The molecule has 8 nitrogen and oxygen atoms in total. The van der Waals surface area contributed by atoms with E-state index in [4.69, 9.17) is 9.97 Å². The molecular formula is C27H24F2N8. The molecule has 10 heteroatoms. The Hall–Kier alpha value is -4.34. The number of rotatable bonds is 4. The highest BCUT2D eigenvalue weighted by molar-refractivity contribution is 5.75. The van der Waals surface area contributed by atoms with E-state index in [2.05, 4.69) is 32.7 Å². The van der Waals surface area contributed by atoms with E-state index in [-0.39, 0.29) is 6.04 Å². The van der Waals surface area contributed by atoms with E-state index in [1.165, 1.54) is 23.4 Å². The van der Waals surface area contributed by atoms with Crippen LogP contribution in [0.5, 0.6) is 0 Å². The molecule has 1 fully saturated rings. The Balaban J connectivity index is 1.23. The maximum absolute atomic E-state index is 14.6. The van der Waals surface area contributed by atoms with Gasteiger partial charge in [-0.25, -0.2) is 23.3 Å². The summed E-state index contributed by atoms with van der Waals surface area (Å²) in [5.74, 6) is 1.01. The molecule has 5 heterocycles. The van der Waals surface area contributed by atoms with Crippen molar-refractivity contribution in [1.29, 1.82) is 0 Å². The van der Waals surface area contributed by atoms with E-state index in [9.17, 15) is 8.78 Å². The van der Waals surface area contributed by atoms with Gasteiger partial charge in [0.15, 0.2) is 17.3 Å². The van der Waals surface area contributed by atoms with Crippen molar-refractivity contribution in [3.05, 3.63) is 77.6 Å². The number of hydrogen-bond acceptors (Lipinski definition) is 6. The van der Waals surface area contributed by atoms with Crippen LogP contribution in [0.1, 0.15) is 36.4 Å². The Kier molecular flexibility index (Phi) is 5.12. The van der Waals surface area contributed by atoms with Crippen molar-refractivity contribution >= 4 is 17.2 Å². The molecule has 2 aromatic carbocycles. The minimum Gasteiger partial charge on any atom is -0.385 e. The van der Waals surface area contributed by atoms with Gasteiger partial charge in [-0.2, -0.15) is 10.2 Å². The van der Waals surface area contributed by atoms with Gasteiger partial charge in [-0.1, -0.05) is 0 Å². The lowest BCUT2D eigenvalue weighted by atomic mass is 10.0. The molecule has 0 radical (unpaired) electrons. The number of anilines is 2. The average molecular weight is 499 g/mol. The molecule has 0 bridgehead atoms. The monoisotopic (exact) mass is 498 g/mol. The van der Waals surface area contributed by atoms with Gasteiger partial charge in [-0.3, -0.25) is 5.10 Å². The number of halogens is 2. The molecule has 0 spiro atoms. The van der Waals surface area contributed by atoms with Crippen LogP contribution in [-0.2, 0) is 6.42 Å². The van der Waals surface area contributed by atoms with Gasteiger partial charge in [-0.05, 0) is 73.7 Å². The Morgan fingerprint density at radius 1 is 1.00 bits per heavy atom. The molecule has 0 aliphatic carbocycles. The second-order valence-corrected chi connectivity index (χ2v) is 9.54. The van der Waals surface area contributed by atoms with Crippen molar-refractivity contribution < 1.29 is 8.78 Å². The van der Waals surface area contributed by atoms with Crippen LogP contribution in [0, 0.1) is 11.6 Å². The molecule has 2 N–H and O–H groups in total. The highest BCUT2D eigenvalue weighted by Gasteiger charge is 2.30. The summed E-state index contributed by atoms with van der Waals surface area (Å²) in [6, 6.07) is 11.4. The third kappa shape index (κ3) is 3.80. The predicted molar refractivity (Wildman–Crippen MR) is 136 cm³/mol. The summed E-state index contributed by atoms with van der Waals surface area (Å²) in [7, 11) is 0. The van der Waals surface area contributed by atoms with Crippen molar-refractivity contribution in [2.45, 2.75) is 31.7 Å². The molecule has 2 aliphatic heterocycles. The summed E-state index contributed by atoms with van der Waals surface area (Å²) in [5, 5.41) is 15.4. The van der Waals surface area contributed by atoms with Crippen molar-refractivity contribution in [3.8, 4) is 22.8 Å². The van der Waals surface area contributed by atoms with Crippen LogP contribution in [0.4, 0.5) is 20.3 Å². The Morgan fingerprint density at radius 3 is 2.89 bits per heavy atom. The standard InChI is InChI=1S/C27H24F2N8/c28-18-6-7-21(29)19(14-18)23-4-2-11-36(23)24-9-12-37-27(32-24)20(15-31-37)26-33-25(34-35-26)17-5-8-22-16(13-17)3-1-10-30-22/h5-9,12-15,23,30H,1-4,10-11H2,(H,33,34,35)/t23-/m1/s1. The summed E-state index contributed by atoms with van der Waals surface area (Å²) in [6.45, 7) is 1.70. The normalized spacial score (nSPS) is 17.2. The van der Waals surface area contributed by atoms with E-state index in [1.807, 2.05) is 23.2 Å². The Labute approximate surface area is 211 Å². The number of hydrogen-bond donors (Lipinski definition) is 2. The van der Waals surface area contributed by atoms with Crippen LogP contribution in [0.15, 0.2) is 54.9 Å². The van der Waals surface area contributed by atoms with Gasteiger partial charge in [-0.15, -0.1) is 0 Å². The second kappa shape index (κ2) is 8.65. The predicted octanol–water partition coefficient (Wildman–Crippen LogP) is 5.16. The lowest BCUT2D eigenvalue weighted by Gasteiger charge is -2.26. The first kappa shape index (κ1) is 21.9. The van der Waals surface area contributed by atoms with Crippen molar-refractivity contribution in [1.82, 2.24) is 29.8 Å². The van der Waals surface area contributed by atoms with Crippen LogP contribution >= 0.6 is 0 Å². The molecule has 1 saturated heterocycles. The molecule has 0 unspecified atom stereocenters. The molecular weight excluding hydrogens is 474 g/mol. The largest absolute Gasteiger partial charge is 0.385 e. The number of aromatic nitrogens is 6. The zero-order valence-corrected chi connectivity index (χ0v) is 20.0. The first-order valence-corrected chi connectivity index (χ1v) is 12.5. The summed E-state index contributed by atoms with van der Waals surface area (Å²) < 4.78 is 30.2. The minimum atomic E-state index is -0.443. The lowest BCUT2D eigenvalue weighted by Crippen LogP contribution is -2.24. The number of aryl methyl sites for hydroxylation is 1. The highest BCUT2D eigenvalue weighted by Crippen LogP contribution is 2.37. The molecule has 1 atom stereocenters. The number of nitrogens with one attached hydrogen (secondary N) is 2. The van der Waals surface area contributed by atoms with Gasteiger partial charge in [0.05, 0.1) is 17.8 Å². The molecule has 37 heavy (non-hydrogen) atoms. The van der Waals surface area contributed by atoms with Crippen molar-refractivity contribution in [2.75, 3.05) is 23.3 Å². The molecule has 7 rings (SSSR count). The first-order chi connectivity index (χ1) is 18.1. The summed E-state index contributed by atoms with van der Waals surface area (Å²) >= 11 is 0. The number of H-pyrrole nitrogens is 1. The zero-order valence-electron chi connectivity index (χ0n) is 20.0. The fourth-order valence-electron chi connectivity index (χ4n) is 5.45. The summed E-state index contributed by atoms with van der Waals surface area (Å²) in [4.78, 5) is 11.7. The van der Waals surface area contributed by atoms with Gasteiger partial charge < -0.3 is 10.2 Å². The smallest absolute Gasteiger partial charge is 0.181 e. The van der Waals surface area contributed by atoms with Crippen molar-refractivity contribution in [3.63, 3.8) is 0 Å². The highest BCUT2D eigenvalue weighted by atomic mass is 19.1. The molecule has 0 saturated carbocycles. The average Bonchev–Trinajstić information content (AvgIpc) is 3.69. The fourth-order valence-corrected chi connectivity index (χ4v) is 5.45. The maximum Gasteiger partial charge on any atom is 0.181 e. The van der Waals surface area contributed by atoms with E-state index < -0.39 is 11.6 Å². The van der Waals surface area contributed by atoms with Crippen LogP contribution in [0.2, 0.25) is 0 Å². The number of fused-ring (bicyclic) bond motifs is 2. The third-order valence-electron chi connectivity index (χ3n) is 7.26. The van der Waals surface area contributed by atoms with E-state index in [0.29, 0.717) is 40.8 Å². The van der Waals surface area contributed by atoms with E-state index in [0.717, 1.165) is 43.9 Å². The van der Waals surface area contributed by atoms with Crippen LogP contribution in [0.25, 0.3) is 28.4 Å². The third-order valence-corrected chi connectivity index (χ3v) is 7.26. The van der Waals surface area contributed by atoms with Crippen LogP contribution < -0.4 is 10.2 Å². The van der Waals surface area contributed by atoms with Crippen LogP contribution in [0.3, 0.4) is 0 Å². The maximum atomic E-state index is 14.6. The molecule has 186 valence electrons. The molecule has 2 aliphatic rings. The van der Waals surface area contributed by atoms with Crippen molar-refractivity contribution in [2.24, 2.45) is 0 Å². The number of nitrogens with zero attached hydrogens (tertiary/aromatic N) is 6. The van der Waals surface area contributed by atoms with Gasteiger partial charge >= 0.3 is 0 Å². The number of aromatic amines is 1. The fraction of sp³-hybridized carbons (Fsp3) is 0.259. The Morgan fingerprint density at radius 2 is 1.95 bits per heavy atom. The molecule has 5 aromatic rings. The molecule has 0 amide bonds. The number of benzene rings is 2. The Bertz CT molecular complexity index is 1620. The SMILES string of the molecule is Fc1ccc(F)c([C@H]2CCCN2c2ccn3ncc(-c4nc(-c5ccc6c(c5)CCCN6)n[nH]4)c3n2)c1. The van der Waals surface area contributed by atoms with Gasteiger partial charge in [0.1, 0.15) is 17.5 Å².